The molecular formula is C27H30FN5O7S. The zero-order valence-electron chi connectivity index (χ0n) is 21.9. The van der Waals surface area contributed by atoms with Gasteiger partial charge in [0.1, 0.15) is 5.82 Å². The van der Waals surface area contributed by atoms with Gasteiger partial charge in [0.2, 0.25) is 0 Å². The highest BCUT2D eigenvalue weighted by molar-refractivity contribution is 7.13. The van der Waals surface area contributed by atoms with Crippen LogP contribution >= 0.6 is 11.3 Å². The molecule has 0 unspecified atom stereocenters. The number of carboxylic acids is 3. The second kappa shape index (κ2) is 14.8. The number of halogens is 1. The molecule has 4 rings (SSSR count). The van der Waals surface area contributed by atoms with Gasteiger partial charge in [-0.3, -0.25) is 19.6 Å². The Morgan fingerprint density at radius 1 is 1.02 bits per heavy atom. The number of aromatic amines is 1. The van der Waals surface area contributed by atoms with Crippen molar-refractivity contribution in [3.63, 3.8) is 0 Å². The topological polar surface area (TPSA) is 182 Å². The minimum Gasteiger partial charge on any atom is -0.481 e. The molecule has 0 saturated heterocycles. The summed E-state index contributed by atoms with van der Waals surface area (Å²) in [6.45, 7) is 3.01. The van der Waals surface area contributed by atoms with E-state index in [1.807, 2.05) is 36.9 Å². The molecule has 3 aromatic heterocycles. The van der Waals surface area contributed by atoms with Crippen LogP contribution in [-0.2, 0) is 34.0 Å². The van der Waals surface area contributed by atoms with Crippen LogP contribution in [0.2, 0.25) is 0 Å². The molecule has 0 aliphatic heterocycles. The minimum atomic E-state index is -2.74. The molecular weight excluding hydrogens is 557 g/mol. The third-order valence-corrected chi connectivity index (χ3v) is 6.85. The van der Waals surface area contributed by atoms with Crippen LogP contribution < -0.4 is 0 Å². The van der Waals surface area contributed by atoms with E-state index in [1.165, 1.54) is 6.07 Å². The van der Waals surface area contributed by atoms with E-state index in [2.05, 4.69) is 36.1 Å². The molecule has 3 heterocycles. The Bertz CT molecular complexity index is 1390. The summed E-state index contributed by atoms with van der Waals surface area (Å²) in [5.41, 5.74) is 0.147. The van der Waals surface area contributed by atoms with Crippen LogP contribution in [0.4, 0.5) is 4.39 Å². The van der Waals surface area contributed by atoms with Gasteiger partial charge in [0, 0.05) is 49.7 Å². The van der Waals surface area contributed by atoms with Gasteiger partial charge in [0.05, 0.1) is 35.9 Å². The van der Waals surface area contributed by atoms with Gasteiger partial charge >= 0.3 is 17.9 Å². The van der Waals surface area contributed by atoms with E-state index in [-0.39, 0.29) is 5.82 Å². The molecule has 0 spiro atoms. The van der Waals surface area contributed by atoms with E-state index in [9.17, 15) is 18.8 Å². The molecule has 0 fully saturated rings. The number of carbonyl (C=O) groups is 3. The highest BCUT2D eigenvalue weighted by Crippen LogP contribution is 2.27. The fourth-order valence-corrected chi connectivity index (χ4v) is 4.75. The number of nitrogens with one attached hydrogen (secondary N) is 1. The fraction of sp³-hybridized carbons (Fsp3) is 0.296. The maximum absolute atomic E-state index is 14.2. The van der Waals surface area contributed by atoms with E-state index < -0.39 is 36.4 Å². The molecule has 0 atom stereocenters. The second-order valence-electron chi connectivity index (χ2n) is 9.18. The molecule has 4 aromatic rings. The van der Waals surface area contributed by atoms with Crippen molar-refractivity contribution in [2.45, 2.75) is 44.5 Å². The first kappa shape index (κ1) is 31.1. The van der Waals surface area contributed by atoms with E-state index >= 15 is 0 Å². The highest BCUT2D eigenvalue weighted by atomic mass is 32.1. The summed E-state index contributed by atoms with van der Waals surface area (Å²) in [4.78, 5) is 38.0. The molecule has 12 nitrogen and oxygen atoms in total. The summed E-state index contributed by atoms with van der Waals surface area (Å²) in [6, 6.07) is 11.1. The molecule has 218 valence electrons. The normalized spacial score (nSPS) is 11.2. The Labute approximate surface area is 238 Å². The number of nitrogens with zero attached hydrogens (tertiary/aromatic N) is 4. The first-order valence-corrected chi connectivity index (χ1v) is 13.3. The molecule has 14 heteroatoms. The van der Waals surface area contributed by atoms with Crippen LogP contribution in [0.15, 0.2) is 66.7 Å². The molecule has 0 saturated carbocycles. The minimum absolute atomic E-state index is 0.159. The van der Waals surface area contributed by atoms with E-state index in [4.69, 9.17) is 20.4 Å². The van der Waals surface area contributed by atoms with E-state index in [0.717, 1.165) is 35.6 Å². The Hall–Kier alpha value is -4.40. The summed E-state index contributed by atoms with van der Waals surface area (Å²) in [5, 5.41) is 43.2. The fourth-order valence-electron chi connectivity index (χ4n) is 4.00. The number of hydrogen-bond donors (Lipinski definition) is 5. The van der Waals surface area contributed by atoms with Crippen molar-refractivity contribution in [2.75, 3.05) is 6.54 Å². The largest absolute Gasteiger partial charge is 0.481 e. The Morgan fingerprint density at radius 2 is 1.73 bits per heavy atom. The monoisotopic (exact) mass is 587 g/mol. The number of rotatable bonds is 14. The summed E-state index contributed by atoms with van der Waals surface area (Å²) in [7, 11) is 0. The van der Waals surface area contributed by atoms with Crippen molar-refractivity contribution in [3.8, 4) is 10.6 Å². The standard InChI is InChI=1S/C21H22FN5S.C6H8O7/c22-19-6-2-1-5-17(19)14-27(10-4-9-26-11-8-23-16-26)15-18-13-24-25-21(18)20-7-3-12-28-20;7-3(8)1-6(13,5(11)12)2-4(9)10/h1-3,5-8,11-13,16H,4,9-10,14-15H2,(H,24,25);13H,1-2H2,(H,7,8)(H,9,10)(H,11,12). The quantitative estimate of drug-likeness (QED) is 0.147. The molecule has 0 radical (unpaired) electrons. The van der Waals surface area contributed by atoms with Crippen molar-refractivity contribution in [1.29, 1.82) is 0 Å². The number of aliphatic hydroxyl groups is 1. The zero-order chi connectivity index (χ0) is 29.8. The summed E-state index contributed by atoms with van der Waals surface area (Å²) in [6.07, 6.45) is 6.12. The van der Waals surface area contributed by atoms with Gasteiger partial charge in [-0.1, -0.05) is 24.3 Å². The number of H-pyrrole nitrogens is 1. The van der Waals surface area contributed by atoms with Gasteiger partial charge in [-0.25, -0.2) is 14.2 Å². The third-order valence-electron chi connectivity index (χ3n) is 5.97. The van der Waals surface area contributed by atoms with Gasteiger partial charge in [-0.2, -0.15) is 5.10 Å². The van der Waals surface area contributed by atoms with Crippen molar-refractivity contribution < 1.29 is 39.2 Å². The molecule has 0 bridgehead atoms. The molecule has 5 N–H and O–H groups in total. The average molecular weight is 588 g/mol. The van der Waals surface area contributed by atoms with Crippen molar-refractivity contribution in [3.05, 3.63) is 83.6 Å². The number of imidazole rings is 1. The third kappa shape index (κ3) is 9.63. The first-order valence-electron chi connectivity index (χ1n) is 12.4. The van der Waals surface area contributed by atoms with Crippen LogP contribution in [0.3, 0.4) is 0 Å². The number of aliphatic carboxylic acids is 3. The lowest BCUT2D eigenvalue weighted by atomic mass is 9.96. The van der Waals surface area contributed by atoms with Gasteiger partial charge in [-0.05, 0) is 23.9 Å². The van der Waals surface area contributed by atoms with Crippen LogP contribution in [0.5, 0.6) is 0 Å². The van der Waals surface area contributed by atoms with Gasteiger partial charge in [0.25, 0.3) is 0 Å². The van der Waals surface area contributed by atoms with Crippen molar-refractivity contribution in [1.82, 2.24) is 24.6 Å². The number of hydrogen-bond acceptors (Lipinski definition) is 8. The summed E-state index contributed by atoms with van der Waals surface area (Å²) >= 11 is 1.68. The van der Waals surface area contributed by atoms with Gasteiger partial charge < -0.3 is 25.0 Å². The van der Waals surface area contributed by atoms with Crippen LogP contribution in [-0.4, -0.2) is 75.1 Å². The predicted molar refractivity (Wildman–Crippen MR) is 146 cm³/mol. The molecule has 1 aromatic carbocycles. The lowest BCUT2D eigenvalue weighted by Crippen LogP contribution is -2.42. The van der Waals surface area contributed by atoms with Gasteiger partial charge in [-0.15, -0.1) is 11.3 Å². The van der Waals surface area contributed by atoms with E-state index in [1.54, 1.807) is 23.6 Å². The summed E-state index contributed by atoms with van der Waals surface area (Å²) in [5.74, 6) is -5.18. The van der Waals surface area contributed by atoms with Crippen LogP contribution in [0, 0.1) is 5.82 Å². The number of aryl methyl sites for hydroxylation is 1. The SMILES string of the molecule is Fc1ccccc1CN(CCCn1ccnc1)Cc1cn[nH]c1-c1cccs1.O=C(O)CC(O)(CC(=O)O)C(=O)O. The van der Waals surface area contributed by atoms with Crippen molar-refractivity contribution >= 4 is 29.2 Å². The van der Waals surface area contributed by atoms with Crippen LogP contribution in [0.25, 0.3) is 10.6 Å². The molecule has 0 aliphatic rings. The number of aromatic nitrogens is 4. The average Bonchev–Trinajstić information content (AvgIpc) is 3.68. The number of carboxylic acid groups (broad SMARTS) is 3. The highest BCUT2D eigenvalue weighted by Gasteiger charge is 2.40. The maximum Gasteiger partial charge on any atom is 0.336 e. The Kier molecular flexibility index (Phi) is 11.3. The number of thiophene rings is 1. The molecule has 0 aliphatic carbocycles. The lowest BCUT2D eigenvalue weighted by molar-refractivity contribution is -0.170. The second-order valence-corrected chi connectivity index (χ2v) is 10.1. The van der Waals surface area contributed by atoms with Gasteiger partial charge in [0.15, 0.2) is 5.60 Å². The zero-order valence-corrected chi connectivity index (χ0v) is 22.7. The lowest BCUT2D eigenvalue weighted by Gasteiger charge is -2.23. The van der Waals surface area contributed by atoms with Crippen molar-refractivity contribution in [2.24, 2.45) is 0 Å². The van der Waals surface area contributed by atoms with E-state index in [0.29, 0.717) is 18.7 Å². The summed E-state index contributed by atoms with van der Waals surface area (Å²) < 4.78 is 16.3. The number of benzene rings is 1. The maximum atomic E-state index is 14.2. The van der Waals surface area contributed by atoms with Crippen LogP contribution in [0.1, 0.15) is 30.4 Å². The Morgan fingerprint density at radius 3 is 2.32 bits per heavy atom. The first-order chi connectivity index (χ1) is 19.6. The predicted octanol–water partition coefficient (Wildman–Crippen LogP) is 3.32. The Balaban J connectivity index is 0.000000302. The molecule has 41 heavy (non-hydrogen) atoms. The smallest absolute Gasteiger partial charge is 0.336 e. The molecule has 0 amide bonds.